The Labute approximate surface area is 164 Å². The van der Waals surface area contributed by atoms with E-state index in [4.69, 9.17) is 10.5 Å². The number of rotatable bonds is 11. The molecule has 0 aliphatic carbocycles. The van der Waals surface area contributed by atoms with Gasteiger partial charge in [-0.25, -0.2) is 0 Å². The molecule has 1 aromatic carbocycles. The smallest absolute Gasteiger partial charge is 0.188 e. The van der Waals surface area contributed by atoms with E-state index in [2.05, 4.69) is 64.3 Å². The third kappa shape index (κ3) is 8.28. The van der Waals surface area contributed by atoms with E-state index in [9.17, 15) is 0 Å². The molecule has 1 fully saturated rings. The lowest BCUT2D eigenvalue weighted by Crippen LogP contribution is -2.41. The molecular formula is C21H37N5O. The second kappa shape index (κ2) is 12.7. The van der Waals surface area contributed by atoms with E-state index in [0.717, 1.165) is 71.9 Å². The lowest BCUT2D eigenvalue weighted by Gasteiger charge is -2.28. The van der Waals surface area contributed by atoms with E-state index < -0.39 is 0 Å². The van der Waals surface area contributed by atoms with Crippen molar-refractivity contribution < 1.29 is 4.74 Å². The lowest BCUT2D eigenvalue weighted by atomic mass is 10.0. The van der Waals surface area contributed by atoms with Gasteiger partial charge in [0.05, 0.1) is 19.8 Å². The summed E-state index contributed by atoms with van der Waals surface area (Å²) in [4.78, 5) is 9.53. The minimum absolute atomic E-state index is 0.371. The van der Waals surface area contributed by atoms with Crippen molar-refractivity contribution in [2.45, 2.75) is 32.7 Å². The van der Waals surface area contributed by atoms with Gasteiger partial charge in [0.1, 0.15) is 0 Å². The summed E-state index contributed by atoms with van der Waals surface area (Å²) >= 11 is 0. The molecule has 0 aromatic heterocycles. The van der Waals surface area contributed by atoms with E-state index in [1.807, 2.05) is 0 Å². The van der Waals surface area contributed by atoms with Crippen LogP contribution in [-0.2, 0) is 11.2 Å². The average Bonchev–Trinajstić information content (AvgIpc) is 2.71. The average molecular weight is 376 g/mol. The molecule has 0 saturated carbocycles. The highest BCUT2D eigenvalue weighted by atomic mass is 16.5. The van der Waals surface area contributed by atoms with Gasteiger partial charge in [0, 0.05) is 25.7 Å². The zero-order valence-corrected chi connectivity index (χ0v) is 17.1. The van der Waals surface area contributed by atoms with E-state index in [0.29, 0.717) is 12.0 Å². The molecule has 1 aliphatic rings. The molecular weight excluding hydrogens is 338 g/mol. The number of nitrogens with zero attached hydrogens (tertiary/aromatic N) is 3. The van der Waals surface area contributed by atoms with Crippen LogP contribution in [0, 0.1) is 0 Å². The summed E-state index contributed by atoms with van der Waals surface area (Å²) < 4.78 is 5.38. The number of aliphatic imine (C=N–C) groups is 1. The molecule has 1 atom stereocenters. The monoisotopic (exact) mass is 375 g/mol. The Morgan fingerprint density at radius 3 is 2.59 bits per heavy atom. The molecule has 0 bridgehead atoms. The maximum absolute atomic E-state index is 6.10. The van der Waals surface area contributed by atoms with Crippen LogP contribution < -0.4 is 11.1 Å². The molecule has 27 heavy (non-hydrogen) atoms. The number of morpholine rings is 1. The van der Waals surface area contributed by atoms with Gasteiger partial charge in [-0.2, -0.15) is 0 Å². The molecule has 6 heteroatoms. The van der Waals surface area contributed by atoms with Gasteiger partial charge in [-0.1, -0.05) is 44.2 Å². The largest absolute Gasteiger partial charge is 0.379 e. The molecule has 1 aliphatic heterocycles. The molecule has 152 valence electrons. The number of hydrogen-bond acceptors (Lipinski definition) is 4. The second-order valence-electron chi connectivity index (χ2n) is 7.03. The van der Waals surface area contributed by atoms with E-state index in [-0.39, 0.29) is 0 Å². The van der Waals surface area contributed by atoms with Crippen LogP contribution in [0.1, 0.15) is 25.8 Å². The Kier molecular flexibility index (Phi) is 10.2. The molecule has 6 nitrogen and oxygen atoms in total. The van der Waals surface area contributed by atoms with Gasteiger partial charge in [-0.3, -0.25) is 14.8 Å². The predicted octanol–water partition coefficient (Wildman–Crippen LogP) is 1.57. The highest BCUT2D eigenvalue weighted by Crippen LogP contribution is 2.09. The molecule has 0 spiro atoms. The minimum atomic E-state index is 0.371. The standard InChI is InChI=1S/C21H37N5O/c1-3-26(4-2)20(17-19-9-6-5-7-10-19)18-24-21(22)23-11-8-12-25-13-15-27-16-14-25/h5-7,9-10,20H,3-4,8,11-18H2,1-2H3,(H3,22,23,24). The summed E-state index contributed by atoms with van der Waals surface area (Å²) in [5.41, 5.74) is 7.45. The zero-order valence-electron chi connectivity index (χ0n) is 17.1. The Balaban J connectivity index is 1.76. The SMILES string of the molecule is CCN(CC)C(CN=C(N)NCCCN1CCOCC1)Cc1ccccc1. The van der Waals surface area contributed by atoms with Gasteiger partial charge in [0.2, 0.25) is 0 Å². The van der Waals surface area contributed by atoms with Crippen LogP contribution in [0.5, 0.6) is 0 Å². The van der Waals surface area contributed by atoms with E-state index in [1.165, 1.54) is 5.56 Å². The van der Waals surface area contributed by atoms with Crippen molar-refractivity contribution in [3.63, 3.8) is 0 Å². The number of guanidine groups is 1. The highest BCUT2D eigenvalue weighted by Gasteiger charge is 2.16. The fourth-order valence-corrected chi connectivity index (χ4v) is 3.54. The minimum Gasteiger partial charge on any atom is -0.379 e. The molecule has 1 unspecified atom stereocenters. The first-order chi connectivity index (χ1) is 13.2. The molecule has 1 heterocycles. The van der Waals surface area contributed by atoms with Crippen molar-refractivity contribution in [1.82, 2.24) is 15.1 Å². The molecule has 1 saturated heterocycles. The third-order valence-corrected chi connectivity index (χ3v) is 5.18. The molecule has 0 radical (unpaired) electrons. The quantitative estimate of drug-likeness (QED) is 0.349. The summed E-state index contributed by atoms with van der Waals surface area (Å²) in [6.45, 7) is 12.9. The lowest BCUT2D eigenvalue weighted by molar-refractivity contribution is 0.0376. The van der Waals surface area contributed by atoms with Crippen LogP contribution in [0.4, 0.5) is 0 Å². The number of benzene rings is 1. The first-order valence-electron chi connectivity index (χ1n) is 10.3. The van der Waals surface area contributed by atoms with Crippen molar-refractivity contribution in [2.75, 3.05) is 59.0 Å². The van der Waals surface area contributed by atoms with Gasteiger partial charge in [0.25, 0.3) is 0 Å². The second-order valence-corrected chi connectivity index (χ2v) is 7.03. The Bertz CT molecular complexity index is 527. The Morgan fingerprint density at radius 2 is 1.93 bits per heavy atom. The van der Waals surface area contributed by atoms with Crippen LogP contribution in [0.2, 0.25) is 0 Å². The first kappa shape index (κ1) is 21.7. The fraction of sp³-hybridized carbons (Fsp3) is 0.667. The van der Waals surface area contributed by atoms with Gasteiger partial charge in [0.15, 0.2) is 5.96 Å². The van der Waals surface area contributed by atoms with Gasteiger partial charge >= 0.3 is 0 Å². The summed E-state index contributed by atoms with van der Waals surface area (Å²) in [6, 6.07) is 11.0. The summed E-state index contributed by atoms with van der Waals surface area (Å²) in [5.74, 6) is 0.558. The fourth-order valence-electron chi connectivity index (χ4n) is 3.54. The van der Waals surface area contributed by atoms with Crippen molar-refractivity contribution in [1.29, 1.82) is 0 Å². The maximum Gasteiger partial charge on any atom is 0.188 e. The molecule has 2 rings (SSSR count). The van der Waals surface area contributed by atoms with Crippen molar-refractivity contribution in [2.24, 2.45) is 10.7 Å². The summed E-state index contributed by atoms with van der Waals surface area (Å²) in [7, 11) is 0. The number of nitrogens with two attached hydrogens (primary N) is 1. The van der Waals surface area contributed by atoms with Gasteiger partial charge in [-0.15, -0.1) is 0 Å². The van der Waals surface area contributed by atoms with Gasteiger partial charge in [-0.05, 0) is 38.0 Å². The van der Waals surface area contributed by atoms with Crippen LogP contribution in [0.3, 0.4) is 0 Å². The molecule has 0 amide bonds. The van der Waals surface area contributed by atoms with Crippen LogP contribution in [0.15, 0.2) is 35.3 Å². The zero-order chi connectivity index (χ0) is 19.3. The van der Waals surface area contributed by atoms with Crippen molar-refractivity contribution in [3.05, 3.63) is 35.9 Å². The van der Waals surface area contributed by atoms with Crippen LogP contribution in [-0.4, -0.2) is 80.8 Å². The molecule has 1 aromatic rings. The van der Waals surface area contributed by atoms with Crippen molar-refractivity contribution >= 4 is 5.96 Å². The van der Waals surface area contributed by atoms with E-state index >= 15 is 0 Å². The normalized spacial score (nSPS) is 17.2. The Morgan fingerprint density at radius 1 is 1.22 bits per heavy atom. The number of hydrogen-bond donors (Lipinski definition) is 2. The predicted molar refractivity (Wildman–Crippen MR) is 113 cm³/mol. The number of ether oxygens (including phenoxy) is 1. The number of nitrogens with one attached hydrogen (secondary N) is 1. The Hall–Kier alpha value is -1.63. The topological polar surface area (TPSA) is 66.1 Å². The van der Waals surface area contributed by atoms with Crippen molar-refractivity contribution in [3.8, 4) is 0 Å². The summed E-state index contributed by atoms with van der Waals surface area (Å²) in [6.07, 6.45) is 2.07. The van der Waals surface area contributed by atoms with E-state index in [1.54, 1.807) is 0 Å². The highest BCUT2D eigenvalue weighted by molar-refractivity contribution is 5.77. The van der Waals surface area contributed by atoms with Gasteiger partial charge < -0.3 is 15.8 Å². The summed E-state index contributed by atoms with van der Waals surface area (Å²) in [5, 5.41) is 3.27. The van der Waals surface area contributed by atoms with Crippen LogP contribution in [0.25, 0.3) is 0 Å². The first-order valence-corrected chi connectivity index (χ1v) is 10.3. The molecule has 3 N–H and O–H groups in total. The maximum atomic E-state index is 6.10. The number of likely N-dealkylation sites (N-methyl/N-ethyl adjacent to an activating group) is 1. The third-order valence-electron chi connectivity index (χ3n) is 5.18. The van der Waals surface area contributed by atoms with Crippen LogP contribution >= 0.6 is 0 Å².